The van der Waals surface area contributed by atoms with Crippen LogP contribution in [0.2, 0.25) is 0 Å². The van der Waals surface area contributed by atoms with Crippen molar-refractivity contribution in [1.82, 2.24) is 3.93 Å². The van der Waals surface area contributed by atoms with Crippen LogP contribution in [0.4, 0.5) is 0 Å². The molecule has 2 nitrogen and oxygen atoms in total. The van der Waals surface area contributed by atoms with Crippen LogP contribution in [0.25, 0.3) is 11.1 Å². The van der Waals surface area contributed by atoms with Gasteiger partial charge in [-0.15, -0.1) is 0 Å². The standard InChI is InChI=1S/C14H12BrNO/c1-16(15)14(17)13-10-6-5-9-12(13)11-7-3-2-4-8-11/h2-10H,1H3. The largest absolute Gasteiger partial charge is 0.278 e. The van der Waals surface area contributed by atoms with Crippen molar-refractivity contribution in [3.63, 3.8) is 0 Å². The zero-order valence-electron chi connectivity index (χ0n) is 9.43. The van der Waals surface area contributed by atoms with Crippen molar-refractivity contribution in [3.8, 4) is 11.1 Å². The Balaban J connectivity index is 2.52. The summed E-state index contributed by atoms with van der Waals surface area (Å²) in [5.74, 6) is -0.0514. The molecule has 0 aromatic heterocycles. The van der Waals surface area contributed by atoms with E-state index in [4.69, 9.17) is 0 Å². The van der Waals surface area contributed by atoms with Crippen LogP contribution in [-0.2, 0) is 0 Å². The lowest BCUT2D eigenvalue weighted by molar-refractivity contribution is 0.0898. The molecule has 0 atom stereocenters. The van der Waals surface area contributed by atoms with E-state index in [1.807, 2.05) is 54.6 Å². The normalized spacial score (nSPS) is 10.0. The second kappa shape index (κ2) is 5.15. The van der Waals surface area contributed by atoms with Gasteiger partial charge in [-0.2, -0.15) is 0 Å². The third-order valence-electron chi connectivity index (χ3n) is 2.52. The van der Waals surface area contributed by atoms with Crippen molar-refractivity contribution in [3.05, 3.63) is 60.2 Å². The zero-order chi connectivity index (χ0) is 12.3. The molecule has 0 aliphatic rings. The quantitative estimate of drug-likeness (QED) is 0.772. The summed E-state index contributed by atoms with van der Waals surface area (Å²) in [5.41, 5.74) is 2.69. The Bertz CT molecular complexity index is 523. The Labute approximate surface area is 109 Å². The maximum absolute atomic E-state index is 12.0. The molecule has 0 fully saturated rings. The predicted octanol–water partition coefficient (Wildman–Crippen LogP) is 3.74. The maximum Gasteiger partial charge on any atom is 0.264 e. The van der Waals surface area contributed by atoms with Gasteiger partial charge in [0.25, 0.3) is 5.91 Å². The van der Waals surface area contributed by atoms with Gasteiger partial charge < -0.3 is 0 Å². The van der Waals surface area contributed by atoms with Crippen LogP contribution in [0.3, 0.4) is 0 Å². The van der Waals surface area contributed by atoms with Crippen molar-refractivity contribution < 1.29 is 4.79 Å². The van der Waals surface area contributed by atoms with E-state index in [0.717, 1.165) is 11.1 Å². The molecule has 0 bridgehead atoms. The molecule has 2 aromatic rings. The van der Waals surface area contributed by atoms with Gasteiger partial charge in [0.1, 0.15) is 0 Å². The van der Waals surface area contributed by atoms with E-state index in [-0.39, 0.29) is 5.91 Å². The lowest BCUT2D eigenvalue weighted by Crippen LogP contribution is -2.16. The Kier molecular flexibility index (Phi) is 3.59. The Morgan fingerprint density at radius 3 is 2.24 bits per heavy atom. The molecule has 0 unspecified atom stereocenters. The fraction of sp³-hybridized carbons (Fsp3) is 0.0714. The summed E-state index contributed by atoms with van der Waals surface area (Å²) >= 11 is 3.17. The number of benzene rings is 2. The number of carbonyl (C=O) groups is 1. The fourth-order valence-electron chi connectivity index (χ4n) is 1.71. The summed E-state index contributed by atoms with van der Waals surface area (Å²) in [6.45, 7) is 0. The average molecular weight is 290 g/mol. The van der Waals surface area contributed by atoms with E-state index in [0.29, 0.717) is 5.56 Å². The van der Waals surface area contributed by atoms with Crippen LogP contribution >= 0.6 is 16.1 Å². The highest BCUT2D eigenvalue weighted by atomic mass is 79.9. The van der Waals surface area contributed by atoms with Crippen LogP contribution in [0.15, 0.2) is 54.6 Å². The number of rotatable bonds is 2. The fourth-order valence-corrected chi connectivity index (χ4v) is 1.90. The van der Waals surface area contributed by atoms with Crippen molar-refractivity contribution in [2.75, 3.05) is 7.05 Å². The van der Waals surface area contributed by atoms with Crippen molar-refractivity contribution >= 4 is 22.1 Å². The third kappa shape index (κ3) is 2.56. The number of hydrogen-bond donors (Lipinski definition) is 0. The van der Waals surface area contributed by atoms with Gasteiger partial charge in [-0.05, 0) is 17.2 Å². The molecular formula is C14H12BrNO. The smallest absolute Gasteiger partial charge is 0.264 e. The van der Waals surface area contributed by atoms with E-state index < -0.39 is 0 Å². The van der Waals surface area contributed by atoms with Gasteiger partial charge in [0.15, 0.2) is 0 Å². The molecule has 1 amide bonds. The number of halogens is 1. The monoisotopic (exact) mass is 289 g/mol. The van der Waals surface area contributed by atoms with Gasteiger partial charge in [-0.1, -0.05) is 48.5 Å². The molecule has 0 radical (unpaired) electrons. The second-order valence-corrected chi connectivity index (χ2v) is 4.76. The summed E-state index contributed by atoms with van der Waals surface area (Å²) in [6, 6.07) is 17.5. The Hall–Kier alpha value is -1.61. The van der Waals surface area contributed by atoms with E-state index in [1.165, 1.54) is 3.93 Å². The van der Waals surface area contributed by atoms with Crippen LogP contribution in [0.1, 0.15) is 10.4 Å². The molecule has 0 N–H and O–H groups in total. The topological polar surface area (TPSA) is 20.3 Å². The summed E-state index contributed by atoms with van der Waals surface area (Å²) in [6.07, 6.45) is 0. The van der Waals surface area contributed by atoms with Crippen LogP contribution in [-0.4, -0.2) is 16.9 Å². The minimum Gasteiger partial charge on any atom is -0.278 e. The lowest BCUT2D eigenvalue weighted by atomic mass is 9.99. The molecule has 17 heavy (non-hydrogen) atoms. The van der Waals surface area contributed by atoms with Crippen LogP contribution in [0.5, 0.6) is 0 Å². The zero-order valence-corrected chi connectivity index (χ0v) is 11.0. The summed E-state index contributed by atoms with van der Waals surface area (Å²) in [7, 11) is 1.68. The molecule has 0 saturated carbocycles. The maximum atomic E-state index is 12.0. The van der Waals surface area contributed by atoms with Gasteiger partial charge in [-0.25, -0.2) is 0 Å². The third-order valence-corrected chi connectivity index (χ3v) is 2.84. The van der Waals surface area contributed by atoms with E-state index in [1.54, 1.807) is 7.05 Å². The highest BCUT2D eigenvalue weighted by molar-refractivity contribution is 9.07. The van der Waals surface area contributed by atoms with E-state index in [9.17, 15) is 4.79 Å². The number of nitrogens with zero attached hydrogens (tertiary/aromatic N) is 1. The minimum atomic E-state index is -0.0514. The minimum absolute atomic E-state index is 0.0514. The number of amides is 1. The average Bonchev–Trinajstić information content (AvgIpc) is 2.39. The molecule has 2 rings (SSSR count). The molecular weight excluding hydrogens is 278 g/mol. The van der Waals surface area contributed by atoms with Crippen molar-refractivity contribution in [2.24, 2.45) is 0 Å². The number of hydrogen-bond acceptors (Lipinski definition) is 1. The van der Waals surface area contributed by atoms with Crippen molar-refractivity contribution in [2.45, 2.75) is 0 Å². The molecule has 3 heteroatoms. The second-order valence-electron chi connectivity index (χ2n) is 3.69. The Morgan fingerprint density at radius 2 is 1.59 bits per heavy atom. The highest BCUT2D eigenvalue weighted by Gasteiger charge is 2.14. The van der Waals surface area contributed by atoms with Gasteiger partial charge in [0, 0.05) is 12.6 Å². The van der Waals surface area contributed by atoms with Gasteiger partial charge in [-0.3, -0.25) is 8.72 Å². The lowest BCUT2D eigenvalue weighted by Gasteiger charge is -2.12. The highest BCUT2D eigenvalue weighted by Crippen LogP contribution is 2.24. The molecule has 2 aromatic carbocycles. The molecule has 86 valence electrons. The first kappa shape index (κ1) is 11.9. The van der Waals surface area contributed by atoms with Gasteiger partial charge >= 0.3 is 0 Å². The first-order valence-corrected chi connectivity index (χ1v) is 5.99. The molecule has 0 saturated heterocycles. The molecule has 0 spiro atoms. The predicted molar refractivity (Wildman–Crippen MR) is 72.9 cm³/mol. The summed E-state index contributed by atoms with van der Waals surface area (Å²) in [4.78, 5) is 12.0. The number of carbonyl (C=O) groups excluding carboxylic acids is 1. The first-order valence-electron chi connectivity index (χ1n) is 5.28. The molecule has 0 aliphatic heterocycles. The molecule has 0 heterocycles. The Morgan fingerprint density at radius 1 is 1.00 bits per heavy atom. The van der Waals surface area contributed by atoms with Gasteiger partial charge in [0.2, 0.25) is 0 Å². The summed E-state index contributed by atoms with van der Waals surface area (Å²) < 4.78 is 1.41. The first-order chi connectivity index (χ1) is 8.20. The van der Waals surface area contributed by atoms with Gasteiger partial charge in [0.05, 0.1) is 16.1 Å². The van der Waals surface area contributed by atoms with Crippen LogP contribution < -0.4 is 0 Å². The van der Waals surface area contributed by atoms with E-state index >= 15 is 0 Å². The van der Waals surface area contributed by atoms with E-state index in [2.05, 4.69) is 16.1 Å². The summed E-state index contributed by atoms with van der Waals surface area (Å²) in [5, 5.41) is 0. The van der Waals surface area contributed by atoms with Crippen LogP contribution in [0, 0.1) is 0 Å². The SMILES string of the molecule is CN(Br)C(=O)c1ccccc1-c1ccccc1. The van der Waals surface area contributed by atoms with Crippen molar-refractivity contribution in [1.29, 1.82) is 0 Å². The molecule has 0 aliphatic carbocycles.